The Morgan fingerprint density at radius 2 is 1.95 bits per heavy atom. The van der Waals surface area contributed by atoms with Gasteiger partial charge in [-0.25, -0.2) is 9.18 Å². The highest BCUT2D eigenvalue weighted by molar-refractivity contribution is 8.26. The van der Waals surface area contributed by atoms with Gasteiger partial charge in [-0.2, -0.15) is 0 Å². The molecule has 0 bridgehead atoms. The SMILES string of the molecule is CC(C)OC(=O)C1N=C(C2=NCC(C)S2)SC1C(F)C(C)C. The molecule has 0 aromatic carbocycles. The van der Waals surface area contributed by atoms with Gasteiger partial charge in [0.25, 0.3) is 0 Å². The van der Waals surface area contributed by atoms with Crippen molar-refractivity contribution < 1.29 is 13.9 Å². The number of esters is 1. The fourth-order valence-corrected chi connectivity index (χ4v) is 4.70. The molecule has 2 aliphatic rings. The van der Waals surface area contributed by atoms with E-state index in [-0.39, 0.29) is 12.0 Å². The van der Waals surface area contributed by atoms with E-state index in [1.165, 1.54) is 11.8 Å². The Bertz CT molecular complexity index is 494. The van der Waals surface area contributed by atoms with Crippen LogP contribution in [0.25, 0.3) is 0 Å². The maximum Gasteiger partial charge on any atom is 0.332 e. The molecule has 7 heteroatoms. The van der Waals surface area contributed by atoms with Crippen molar-refractivity contribution in [3.63, 3.8) is 0 Å². The minimum Gasteiger partial charge on any atom is -0.461 e. The Kier molecular flexibility index (Phi) is 5.94. The van der Waals surface area contributed by atoms with Gasteiger partial charge in [0.05, 0.1) is 17.9 Å². The molecule has 2 heterocycles. The van der Waals surface area contributed by atoms with Gasteiger partial charge in [0.1, 0.15) is 16.3 Å². The molecule has 0 radical (unpaired) electrons. The number of ether oxygens (including phenoxy) is 1. The topological polar surface area (TPSA) is 51.0 Å². The van der Waals surface area contributed by atoms with Crippen LogP contribution in [-0.4, -0.2) is 51.4 Å². The average Bonchev–Trinajstić information content (AvgIpc) is 3.02. The molecule has 2 rings (SSSR count). The molecular formula is C15H23FN2O2S2. The van der Waals surface area contributed by atoms with Crippen molar-refractivity contribution >= 4 is 39.6 Å². The standard InChI is InChI=1S/C15H23FN2O2S2/c1-7(2)10(16)12-11(15(19)20-8(3)4)18-14(22-12)13-17-6-9(5)21-13/h7-12H,6H2,1-5H3. The molecule has 124 valence electrons. The lowest BCUT2D eigenvalue weighted by Gasteiger charge is -2.23. The maximum atomic E-state index is 14.6. The van der Waals surface area contributed by atoms with E-state index in [1.54, 1.807) is 25.6 Å². The van der Waals surface area contributed by atoms with Gasteiger partial charge in [0.2, 0.25) is 0 Å². The Balaban J connectivity index is 2.19. The van der Waals surface area contributed by atoms with Crippen LogP contribution in [0.2, 0.25) is 0 Å². The zero-order chi connectivity index (χ0) is 16.4. The molecule has 22 heavy (non-hydrogen) atoms. The Labute approximate surface area is 139 Å². The van der Waals surface area contributed by atoms with Crippen LogP contribution >= 0.6 is 23.5 Å². The van der Waals surface area contributed by atoms with Gasteiger partial charge in [0, 0.05) is 5.25 Å². The van der Waals surface area contributed by atoms with Crippen molar-refractivity contribution in [1.82, 2.24) is 0 Å². The van der Waals surface area contributed by atoms with E-state index >= 15 is 0 Å². The molecule has 0 aromatic rings. The molecular weight excluding hydrogens is 323 g/mol. The van der Waals surface area contributed by atoms with E-state index in [0.29, 0.717) is 10.3 Å². The zero-order valence-corrected chi connectivity index (χ0v) is 15.2. The Morgan fingerprint density at radius 1 is 1.27 bits per heavy atom. The molecule has 0 amide bonds. The van der Waals surface area contributed by atoms with E-state index in [9.17, 15) is 9.18 Å². The summed E-state index contributed by atoms with van der Waals surface area (Å²) in [5.74, 6) is -0.610. The van der Waals surface area contributed by atoms with Crippen molar-refractivity contribution in [2.24, 2.45) is 15.9 Å². The molecule has 4 unspecified atom stereocenters. The third kappa shape index (κ3) is 4.04. The molecule has 0 aliphatic carbocycles. The first-order chi connectivity index (χ1) is 10.3. The summed E-state index contributed by atoms with van der Waals surface area (Å²) in [7, 11) is 0. The predicted molar refractivity (Wildman–Crippen MR) is 92.9 cm³/mol. The van der Waals surface area contributed by atoms with E-state index < -0.39 is 23.4 Å². The van der Waals surface area contributed by atoms with Gasteiger partial charge in [-0.15, -0.1) is 0 Å². The molecule has 0 saturated carbocycles. The van der Waals surface area contributed by atoms with Crippen LogP contribution in [0.1, 0.15) is 34.6 Å². The van der Waals surface area contributed by atoms with E-state index in [0.717, 1.165) is 11.6 Å². The van der Waals surface area contributed by atoms with Gasteiger partial charge < -0.3 is 4.74 Å². The molecule has 2 aliphatic heterocycles. The number of alkyl halides is 1. The Morgan fingerprint density at radius 3 is 2.45 bits per heavy atom. The fraction of sp³-hybridized carbons (Fsp3) is 0.800. The van der Waals surface area contributed by atoms with Crippen LogP contribution in [0.4, 0.5) is 4.39 Å². The first-order valence-electron chi connectivity index (χ1n) is 7.60. The number of hydrogen-bond donors (Lipinski definition) is 0. The predicted octanol–water partition coefficient (Wildman–Crippen LogP) is 3.35. The number of carbonyl (C=O) groups excluding carboxylic acids is 1. The molecule has 0 N–H and O–H groups in total. The summed E-state index contributed by atoms with van der Waals surface area (Å²) in [6, 6.07) is -0.779. The summed E-state index contributed by atoms with van der Waals surface area (Å²) < 4.78 is 19.8. The molecule has 0 aromatic heterocycles. The van der Waals surface area contributed by atoms with Crippen LogP contribution in [0, 0.1) is 5.92 Å². The lowest BCUT2D eigenvalue weighted by Crippen LogP contribution is -2.38. The number of rotatable bonds is 5. The van der Waals surface area contributed by atoms with Crippen LogP contribution in [0.15, 0.2) is 9.98 Å². The van der Waals surface area contributed by atoms with Crippen LogP contribution in [-0.2, 0) is 9.53 Å². The van der Waals surface area contributed by atoms with Crippen molar-refractivity contribution in [3.8, 4) is 0 Å². The second kappa shape index (κ2) is 7.34. The van der Waals surface area contributed by atoms with E-state index in [4.69, 9.17) is 4.74 Å². The Hall–Kier alpha value is -0.560. The van der Waals surface area contributed by atoms with Crippen molar-refractivity contribution in [1.29, 1.82) is 0 Å². The largest absolute Gasteiger partial charge is 0.461 e. The highest BCUT2D eigenvalue weighted by Crippen LogP contribution is 2.38. The quantitative estimate of drug-likeness (QED) is 0.716. The van der Waals surface area contributed by atoms with Crippen LogP contribution < -0.4 is 0 Å². The van der Waals surface area contributed by atoms with Gasteiger partial charge in [-0.05, 0) is 19.8 Å². The zero-order valence-electron chi connectivity index (χ0n) is 13.6. The smallest absolute Gasteiger partial charge is 0.332 e. The third-order valence-corrected chi connectivity index (χ3v) is 5.89. The number of nitrogens with zero attached hydrogens (tertiary/aromatic N) is 2. The van der Waals surface area contributed by atoms with Gasteiger partial charge in [-0.1, -0.05) is 44.3 Å². The van der Waals surface area contributed by atoms with Gasteiger partial charge in [0.15, 0.2) is 6.04 Å². The lowest BCUT2D eigenvalue weighted by molar-refractivity contribution is -0.149. The van der Waals surface area contributed by atoms with Gasteiger partial charge >= 0.3 is 5.97 Å². The first kappa shape index (κ1) is 17.8. The van der Waals surface area contributed by atoms with Crippen molar-refractivity contribution in [3.05, 3.63) is 0 Å². The third-order valence-electron chi connectivity index (χ3n) is 3.35. The molecule has 0 spiro atoms. The minimum absolute atomic E-state index is 0.168. The number of thioether (sulfide) groups is 2. The normalized spacial score (nSPS) is 29.7. The summed E-state index contributed by atoms with van der Waals surface area (Å²) in [6.07, 6.45) is -1.34. The molecule has 4 atom stereocenters. The maximum absolute atomic E-state index is 14.6. The van der Waals surface area contributed by atoms with Gasteiger partial charge in [-0.3, -0.25) is 9.98 Å². The van der Waals surface area contributed by atoms with Crippen LogP contribution in [0.5, 0.6) is 0 Å². The van der Waals surface area contributed by atoms with Crippen molar-refractivity contribution in [2.45, 2.75) is 63.4 Å². The summed E-state index contributed by atoms with van der Waals surface area (Å²) in [4.78, 5) is 21.2. The van der Waals surface area contributed by atoms with E-state index in [2.05, 4.69) is 16.9 Å². The molecule has 0 saturated heterocycles. The fourth-order valence-electron chi connectivity index (χ4n) is 2.23. The molecule has 0 fully saturated rings. The minimum atomic E-state index is -1.11. The number of halogens is 1. The number of aliphatic imine (C=N–C) groups is 2. The lowest BCUT2D eigenvalue weighted by atomic mass is 10.0. The summed E-state index contributed by atoms with van der Waals surface area (Å²) >= 11 is 2.97. The first-order valence-corrected chi connectivity index (χ1v) is 9.36. The average molecular weight is 346 g/mol. The second-order valence-electron chi connectivity index (χ2n) is 6.21. The monoisotopic (exact) mass is 346 g/mol. The van der Waals surface area contributed by atoms with Crippen molar-refractivity contribution in [2.75, 3.05) is 6.54 Å². The summed E-state index contributed by atoms with van der Waals surface area (Å²) in [6.45, 7) is 10.0. The van der Waals surface area contributed by atoms with E-state index in [1.807, 2.05) is 13.8 Å². The second-order valence-corrected chi connectivity index (χ2v) is 8.80. The summed E-state index contributed by atoms with van der Waals surface area (Å²) in [5, 5.41) is 1.40. The molecule has 4 nitrogen and oxygen atoms in total. The van der Waals surface area contributed by atoms with Crippen LogP contribution in [0.3, 0.4) is 0 Å². The number of hydrogen-bond acceptors (Lipinski definition) is 6. The number of carbonyl (C=O) groups is 1. The highest BCUT2D eigenvalue weighted by atomic mass is 32.2. The summed E-state index contributed by atoms with van der Waals surface area (Å²) in [5.41, 5.74) is 0. The highest BCUT2D eigenvalue weighted by Gasteiger charge is 2.44.